The van der Waals surface area contributed by atoms with Crippen LogP contribution in [0, 0.1) is 5.41 Å². The molecule has 0 unspecified atom stereocenters. The Morgan fingerprint density at radius 1 is 0.722 bits per heavy atom. The first-order valence-corrected chi connectivity index (χ1v) is 7.31. The van der Waals surface area contributed by atoms with E-state index in [2.05, 4.69) is 55.4 Å². The fraction of sp³-hybridized carbons (Fsp3) is 1.00. The van der Waals surface area contributed by atoms with Crippen molar-refractivity contribution in [1.82, 2.24) is 0 Å². The van der Waals surface area contributed by atoms with Crippen LogP contribution in [0.1, 0.15) is 74.7 Å². The van der Waals surface area contributed by atoms with E-state index in [0.29, 0.717) is 0 Å². The predicted octanol–water partition coefficient (Wildman–Crippen LogP) is 4.81. The van der Waals surface area contributed by atoms with Crippen molar-refractivity contribution in [2.45, 2.75) is 85.9 Å². The summed E-state index contributed by atoms with van der Waals surface area (Å²) >= 11 is 0. The maximum atomic E-state index is 6.00. The molecule has 2 heteroatoms. The summed E-state index contributed by atoms with van der Waals surface area (Å²) in [6.07, 6.45) is 3.37. The summed E-state index contributed by atoms with van der Waals surface area (Å²) in [5.74, 6) is 0. The average Bonchev–Trinajstić information content (AvgIpc) is 2.20. The summed E-state index contributed by atoms with van der Waals surface area (Å²) in [6, 6.07) is 0. The van der Waals surface area contributed by atoms with Gasteiger partial charge in [0, 0.05) is 6.61 Å². The third kappa shape index (κ3) is 8.10. The molecule has 0 radical (unpaired) electrons. The largest absolute Gasteiger partial charge is 0.376 e. The standard InChI is InChI=1S/C16H34O2/c1-9-16(10-2,13-18-15(6,7)8)11-12-17-14(3,4)5/h9-13H2,1-8H3. The predicted molar refractivity (Wildman–Crippen MR) is 79.0 cm³/mol. The van der Waals surface area contributed by atoms with E-state index >= 15 is 0 Å². The zero-order valence-electron chi connectivity index (χ0n) is 13.9. The van der Waals surface area contributed by atoms with Gasteiger partial charge in [-0.1, -0.05) is 13.8 Å². The first-order chi connectivity index (χ1) is 8.04. The minimum atomic E-state index is -0.0551. The van der Waals surface area contributed by atoms with Crippen LogP contribution in [0.5, 0.6) is 0 Å². The van der Waals surface area contributed by atoms with Gasteiger partial charge in [0.05, 0.1) is 17.8 Å². The molecule has 0 heterocycles. The van der Waals surface area contributed by atoms with Gasteiger partial charge in [0.15, 0.2) is 0 Å². The Morgan fingerprint density at radius 2 is 1.17 bits per heavy atom. The van der Waals surface area contributed by atoms with Crippen molar-refractivity contribution >= 4 is 0 Å². The molecule has 110 valence electrons. The van der Waals surface area contributed by atoms with Crippen LogP contribution in [-0.4, -0.2) is 24.4 Å². The highest BCUT2D eigenvalue weighted by Gasteiger charge is 2.29. The molecule has 0 atom stereocenters. The van der Waals surface area contributed by atoms with E-state index in [1.165, 1.54) is 0 Å². The molecule has 0 saturated carbocycles. The van der Waals surface area contributed by atoms with Crippen LogP contribution >= 0.6 is 0 Å². The van der Waals surface area contributed by atoms with E-state index in [-0.39, 0.29) is 16.6 Å². The molecule has 0 bridgehead atoms. The van der Waals surface area contributed by atoms with Gasteiger partial charge in [-0.25, -0.2) is 0 Å². The van der Waals surface area contributed by atoms with Gasteiger partial charge in [0.1, 0.15) is 0 Å². The molecule has 0 aromatic heterocycles. The first kappa shape index (κ1) is 17.9. The Labute approximate surface area is 114 Å². The summed E-state index contributed by atoms with van der Waals surface area (Å²) in [7, 11) is 0. The van der Waals surface area contributed by atoms with Crippen LogP contribution in [0.25, 0.3) is 0 Å². The lowest BCUT2D eigenvalue weighted by atomic mass is 9.80. The van der Waals surface area contributed by atoms with E-state index in [9.17, 15) is 0 Å². The molecular weight excluding hydrogens is 224 g/mol. The second kappa shape index (κ2) is 6.91. The number of hydrogen-bond acceptors (Lipinski definition) is 2. The molecule has 0 aliphatic heterocycles. The molecule has 18 heavy (non-hydrogen) atoms. The van der Waals surface area contributed by atoms with Crippen LogP contribution in [0.15, 0.2) is 0 Å². The maximum absolute atomic E-state index is 6.00. The fourth-order valence-corrected chi connectivity index (χ4v) is 1.82. The minimum Gasteiger partial charge on any atom is -0.376 e. The monoisotopic (exact) mass is 258 g/mol. The molecule has 0 aliphatic carbocycles. The van der Waals surface area contributed by atoms with Gasteiger partial charge in [0.2, 0.25) is 0 Å². The van der Waals surface area contributed by atoms with Crippen LogP contribution in [0.3, 0.4) is 0 Å². The van der Waals surface area contributed by atoms with Crippen LogP contribution < -0.4 is 0 Å². The number of hydrogen-bond donors (Lipinski definition) is 0. The molecule has 0 aromatic rings. The smallest absolute Gasteiger partial charge is 0.0598 e. The molecule has 0 fully saturated rings. The van der Waals surface area contributed by atoms with Crippen LogP contribution in [0.4, 0.5) is 0 Å². The van der Waals surface area contributed by atoms with Crippen molar-refractivity contribution in [3.63, 3.8) is 0 Å². The van der Waals surface area contributed by atoms with Crippen molar-refractivity contribution in [3.8, 4) is 0 Å². The number of rotatable bonds is 7. The van der Waals surface area contributed by atoms with Crippen LogP contribution in [0.2, 0.25) is 0 Å². The molecule has 0 rings (SSSR count). The van der Waals surface area contributed by atoms with Gasteiger partial charge in [-0.3, -0.25) is 0 Å². The molecule has 0 saturated heterocycles. The maximum Gasteiger partial charge on any atom is 0.0598 e. The van der Waals surface area contributed by atoms with Crippen molar-refractivity contribution < 1.29 is 9.47 Å². The summed E-state index contributed by atoms with van der Waals surface area (Å²) < 4.78 is 11.9. The molecule has 0 amide bonds. The van der Waals surface area contributed by atoms with Crippen molar-refractivity contribution in [1.29, 1.82) is 0 Å². The van der Waals surface area contributed by atoms with Gasteiger partial charge in [0.25, 0.3) is 0 Å². The average molecular weight is 258 g/mol. The van der Waals surface area contributed by atoms with Crippen LogP contribution in [-0.2, 0) is 9.47 Å². The second-order valence-corrected chi connectivity index (χ2v) is 7.32. The van der Waals surface area contributed by atoms with Gasteiger partial charge >= 0.3 is 0 Å². The quantitative estimate of drug-likeness (QED) is 0.652. The van der Waals surface area contributed by atoms with E-state index in [4.69, 9.17) is 9.47 Å². The molecule has 2 nitrogen and oxygen atoms in total. The Hall–Kier alpha value is -0.0800. The van der Waals surface area contributed by atoms with Gasteiger partial charge in [-0.15, -0.1) is 0 Å². The summed E-state index contributed by atoms with van der Waals surface area (Å²) in [6.45, 7) is 18.8. The second-order valence-electron chi connectivity index (χ2n) is 7.32. The summed E-state index contributed by atoms with van der Waals surface area (Å²) in [5, 5.41) is 0. The lowest BCUT2D eigenvalue weighted by Gasteiger charge is -2.35. The Kier molecular flexibility index (Phi) is 6.87. The zero-order chi connectivity index (χ0) is 14.4. The molecular formula is C16H34O2. The van der Waals surface area contributed by atoms with Gasteiger partial charge in [-0.2, -0.15) is 0 Å². The Balaban J connectivity index is 4.34. The SMILES string of the molecule is CCC(CC)(CCOC(C)(C)C)COC(C)(C)C. The topological polar surface area (TPSA) is 18.5 Å². The Bertz CT molecular complexity index is 216. The van der Waals surface area contributed by atoms with E-state index < -0.39 is 0 Å². The highest BCUT2D eigenvalue weighted by Crippen LogP contribution is 2.33. The normalized spacial score (nSPS) is 14.0. The van der Waals surface area contributed by atoms with E-state index in [1.807, 2.05) is 0 Å². The molecule has 0 N–H and O–H groups in total. The first-order valence-electron chi connectivity index (χ1n) is 7.31. The van der Waals surface area contributed by atoms with E-state index in [0.717, 1.165) is 32.5 Å². The highest BCUT2D eigenvalue weighted by atomic mass is 16.5. The van der Waals surface area contributed by atoms with Gasteiger partial charge < -0.3 is 9.47 Å². The van der Waals surface area contributed by atoms with Crippen molar-refractivity contribution in [3.05, 3.63) is 0 Å². The lowest BCUT2D eigenvalue weighted by molar-refractivity contribution is -0.0760. The highest BCUT2D eigenvalue weighted by molar-refractivity contribution is 4.78. The van der Waals surface area contributed by atoms with Crippen molar-refractivity contribution in [2.24, 2.45) is 5.41 Å². The lowest BCUT2D eigenvalue weighted by Crippen LogP contribution is -2.33. The van der Waals surface area contributed by atoms with E-state index in [1.54, 1.807) is 0 Å². The fourth-order valence-electron chi connectivity index (χ4n) is 1.82. The third-order valence-electron chi connectivity index (χ3n) is 3.48. The van der Waals surface area contributed by atoms with Crippen molar-refractivity contribution in [2.75, 3.05) is 13.2 Å². The molecule has 0 spiro atoms. The minimum absolute atomic E-state index is 0.0435. The van der Waals surface area contributed by atoms with Gasteiger partial charge in [-0.05, 0) is 66.2 Å². The third-order valence-corrected chi connectivity index (χ3v) is 3.48. The number of ether oxygens (including phenoxy) is 2. The Morgan fingerprint density at radius 3 is 1.50 bits per heavy atom. The molecule has 0 aliphatic rings. The summed E-state index contributed by atoms with van der Waals surface area (Å²) in [4.78, 5) is 0. The zero-order valence-corrected chi connectivity index (χ0v) is 13.9. The summed E-state index contributed by atoms with van der Waals surface area (Å²) in [5.41, 5.74) is 0.164. The molecule has 0 aromatic carbocycles.